The molecule has 10 heteroatoms. The van der Waals surface area contributed by atoms with E-state index in [1.54, 1.807) is 0 Å². The van der Waals surface area contributed by atoms with Crippen LogP contribution in [0.5, 0.6) is 0 Å². The molecule has 24 heavy (non-hydrogen) atoms. The average molecular weight is 357 g/mol. The Kier molecular flexibility index (Phi) is 5.40. The molecule has 0 aromatic heterocycles. The Labute approximate surface area is 139 Å². The van der Waals surface area contributed by atoms with Crippen molar-refractivity contribution in [3.63, 3.8) is 0 Å². The maximum absolute atomic E-state index is 11.3. The van der Waals surface area contributed by atoms with Crippen LogP contribution >= 0.6 is 0 Å². The molecule has 0 amide bonds. The fourth-order valence-electron chi connectivity index (χ4n) is 2.86. The van der Waals surface area contributed by atoms with E-state index in [1.807, 2.05) is 0 Å². The second-order valence-electron chi connectivity index (χ2n) is 5.92. The molecule has 0 saturated heterocycles. The maximum Gasteiger partial charge on any atom is 0.306 e. The summed E-state index contributed by atoms with van der Waals surface area (Å²) in [5.74, 6) is -0.876. The Bertz CT molecular complexity index is 741. The molecule has 1 aliphatic rings. The highest BCUT2D eigenvalue weighted by atomic mass is 32.2. The predicted molar refractivity (Wildman–Crippen MR) is 86.0 cm³/mol. The minimum Gasteiger partial charge on any atom is -0.481 e. The number of rotatable bonds is 6. The number of nitro groups is 1. The van der Waals surface area contributed by atoms with Gasteiger partial charge in [0.25, 0.3) is 5.69 Å². The van der Waals surface area contributed by atoms with Gasteiger partial charge in [-0.1, -0.05) is 0 Å². The molecular formula is C14H19N3O6S. The summed E-state index contributed by atoms with van der Waals surface area (Å²) in [6.07, 6.45) is 2.64. The molecule has 4 N–H and O–H groups in total. The van der Waals surface area contributed by atoms with Crippen LogP contribution in [-0.2, 0) is 14.8 Å². The third kappa shape index (κ3) is 4.42. The van der Waals surface area contributed by atoms with Gasteiger partial charge in [0.15, 0.2) is 0 Å². The van der Waals surface area contributed by atoms with E-state index in [2.05, 4.69) is 5.32 Å². The molecule has 0 spiro atoms. The summed E-state index contributed by atoms with van der Waals surface area (Å²) in [6, 6.07) is 3.46. The van der Waals surface area contributed by atoms with Crippen molar-refractivity contribution < 1.29 is 23.2 Å². The van der Waals surface area contributed by atoms with Crippen LogP contribution in [0.25, 0.3) is 0 Å². The normalized spacial score (nSPS) is 21.2. The van der Waals surface area contributed by atoms with E-state index in [0.29, 0.717) is 19.4 Å². The number of carboxylic acid groups (broad SMARTS) is 1. The summed E-state index contributed by atoms with van der Waals surface area (Å²) >= 11 is 0. The number of hydrogen-bond acceptors (Lipinski definition) is 6. The number of aliphatic carboxylic acids is 1. The standard InChI is InChI=1S/C14H19N3O6S/c15-24(22,23)11-5-6-12(13(7-11)17(20)21)16-8-9-1-3-10(4-2-9)14(18)19/h5-7,9-10,16H,1-4,8H2,(H,18,19)(H2,15,22,23). The van der Waals surface area contributed by atoms with Gasteiger partial charge in [-0.15, -0.1) is 0 Å². The van der Waals surface area contributed by atoms with Gasteiger partial charge in [-0.25, -0.2) is 13.6 Å². The number of carboxylic acids is 1. The van der Waals surface area contributed by atoms with Crippen molar-refractivity contribution in [2.45, 2.75) is 30.6 Å². The maximum atomic E-state index is 11.3. The van der Waals surface area contributed by atoms with Crippen LogP contribution in [0.15, 0.2) is 23.1 Å². The second kappa shape index (κ2) is 7.14. The highest BCUT2D eigenvalue weighted by Gasteiger charge is 2.26. The molecule has 0 atom stereocenters. The summed E-state index contributed by atoms with van der Waals surface area (Å²) in [5, 5.41) is 28.1. The van der Waals surface area contributed by atoms with E-state index in [1.165, 1.54) is 12.1 Å². The molecule has 1 aromatic rings. The SMILES string of the molecule is NS(=O)(=O)c1ccc(NCC2CCC(C(=O)O)CC2)c([N+](=O)[O-])c1. The Morgan fingerprint density at radius 1 is 1.33 bits per heavy atom. The Hall–Kier alpha value is -2.20. The zero-order chi connectivity index (χ0) is 17.9. The van der Waals surface area contributed by atoms with E-state index in [4.69, 9.17) is 10.2 Å². The highest BCUT2D eigenvalue weighted by molar-refractivity contribution is 7.89. The van der Waals surface area contributed by atoms with Gasteiger partial charge in [0.1, 0.15) is 5.69 Å². The van der Waals surface area contributed by atoms with Crippen molar-refractivity contribution in [2.24, 2.45) is 17.0 Å². The topological polar surface area (TPSA) is 153 Å². The molecule has 1 aromatic carbocycles. The van der Waals surface area contributed by atoms with E-state index < -0.39 is 20.9 Å². The van der Waals surface area contributed by atoms with E-state index in [-0.39, 0.29) is 28.1 Å². The quantitative estimate of drug-likeness (QED) is 0.515. The third-order valence-corrected chi connectivity index (χ3v) is 5.18. The molecule has 0 radical (unpaired) electrons. The van der Waals surface area contributed by atoms with Gasteiger partial charge in [-0.05, 0) is 43.7 Å². The molecule has 132 valence electrons. The van der Waals surface area contributed by atoms with Gasteiger partial charge in [0, 0.05) is 12.6 Å². The molecule has 9 nitrogen and oxygen atoms in total. The summed E-state index contributed by atoms with van der Waals surface area (Å²) in [4.78, 5) is 21.1. The first-order valence-electron chi connectivity index (χ1n) is 7.46. The lowest BCUT2D eigenvalue weighted by atomic mass is 9.82. The first-order valence-corrected chi connectivity index (χ1v) is 9.01. The molecule has 2 rings (SSSR count). The van der Waals surface area contributed by atoms with Crippen LogP contribution in [-0.4, -0.2) is 31.0 Å². The largest absolute Gasteiger partial charge is 0.481 e. The lowest BCUT2D eigenvalue weighted by Crippen LogP contribution is -2.25. The van der Waals surface area contributed by atoms with Crippen molar-refractivity contribution in [2.75, 3.05) is 11.9 Å². The van der Waals surface area contributed by atoms with Gasteiger partial charge in [-0.2, -0.15) is 0 Å². The second-order valence-corrected chi connectivity index (χ2v) is 7.48. The van der Waals surface area contributed by atoms with E-state index >= 15 is 0 Å². The molecule has 0 unspecified atom stereocenters. The Morgan fingerprint density at radius 2 is 1.96 bits per heavy atom. The smallest absolute Gasteiger partial charge is 0.306 e. The number of hydrogen-bond donors (Lipinski definition) is 3. The average Bonchev–Trinajstić information content (AvgIpc) is 2.52. The predicted octanol–water partition coefficient (Wildman–Crippen LogP) is 1.55. The molecule has 1 saturated carbocycles. The molecule has 1 aliphatic carbocycles. The van der Waals surface area contributed by atoms with E-state index in [9.17, 15) is 23.3 Å². The monoisotopic (exact) mass is 357 g/mol. The number of anilines is 1. The van der Waals surface area contributed by atoms with Crippen LogP contribution < -0.4 is 10.5 Å². The molecular weight excluding hydrogens is 338 g/mol. The molecule has 0 aliphatic heterocycles. The number of sulfonamides is 1. The van der Waals surface area contributed by atoms with Gasteiger partial charge in [-0.3, -0.25) is 14.9 Å². The van der Waals surface area contributed by atoms with Gasteiger partial charge >= 0.3 is 5.97 Å². The molecule has 0 bridgehead atoms. The number of benzene rings is 1. The minimum absolute atomic E-state index is 0.216. The Balaban J connectivity index is 2.05. The number of primary sulfonamides is 1. The van der Waals surface area contributed by atoms with Crippen molar-refractivity contribution >= 4 is 27.4 Å². The fourth-order valence-corrected chi connectivity index (χ4v) is 3.39. The molecule has 0 heterocycles. The van der Waals surface area contributed by atoms with Gasteiger partial charge < -0.3 is 10.4 Å². The fraction of sp³-hybridized carbons (Fsp3) is 0.500. The van der Waals surface area contributed by atoms with Crippen LogP contribution in [0.1, 0.15) is 25.7 Å². The van der Waals surface area contributed by atoms with Gasteiger partial charge in [0.2, 0.25) is 10.0 Å². The lowest BCUT2D eigenvalue weighted by Gasteiger charge is -2.26. The van der Waals surface area contributed by atoms with Crippen molar-refractivity contribution in [1.29, 1.82) is 0 Å². The third-order valence-electron chi connectivity index (χ3n) is 4.27. The summed E-state index contributed by atoms with van der Waals surface area (Å²) in [5.41, 5.74) is -0.145. The first kappa shape index (κ1) is 18.1. The van der Waals surface area contributed by atoms with Gasteiger partial charge in [0.05, 0.1) is 15.7 Å². The number of nitrogens with one attached hydrogen (secondary N) is 1. The highest BCUT2D eigenvalue weighted by Crippen LogP contribution is 2.31. The van der Waals surface area contributed by atoms with Crippen LogP contribution in [0.2, 0.25) is 0 Å². The molecule has 1 fully saturated rings. The van der Waals surface area contributed by atoms with E-state index in [0.717, 1.165) is 18.9 Å². The van der Waals surface area contributed by atoms with Crippen molar-refractivity contribution in [1.82, 2.24) is 0 Å². The van der Waals surface area contributed by atoms with Crippen molar-refractivity contribution in [3.05, 3.63) is 28.3 Å². The Morgan fingerprint density at radius 3 is 2.46 bits per heavy atom. The summed E-state index contributed by atoms with van der Waals surface area (Å²) < 4.78 is 22.6. The number of carbonyl (C=O) groups is 1. The first-order chi connectivity index (χ1) is 11.2. The minimum atomic E-state index is -4.01. The summed E-state index contributed by atoms with van der Waals surface area (Å²) in [6.45, 7) is 0.460. The van der Waals surface area contributed by atoms with Crippen LogP contribution in [0.3, 0.4) is 0 Å². The zero-order valence-corrected chi connectivity index (χ0v) is 13.7. The van der Waals surface area contributed by atoms with Crippen LogP contribution in [0.4, 0.5) is 11.4 Å². The van der Waals surface area contributed by atoms with Crippen molar-refractivity contribution in [3.8, 4) is 0 Å². The number of nitrogens with two attached hydrogens (primary N) is 1. The lowest BCUT2D eigenvalue weighted by molar-refractivity contribution is -0.384. The summed E-state index contributed by atoms with van der Waals surface area (Å²) in [7, 11) is -4.01. The number of nitrogens with zero attached hydrogens (tertiary/aromatic N) is 1. The number of nitro benzene ring substituents is 1. The van der Waals surface area contributed by atoms with Crippen LogP contribution in [0, 0.1) is 22.0 Å². The zero-order valence-electron chi connectivity index (χ0n) is 12.8.